The number of methoxy groups -OCH3 is 1. The maximum atomic E-state index is 12.7. The molecular weight excluding hydrogens is 386 g/mol. The molecule has 4 rings (SSSR count). The zero-order valence-electron chi connectivity index (χ0n) is 16.5. The Kier molecular flexibility index (Phi) is 5.94. The minimum Gasteiger partial charge on any atom is -0.497 e. The van der Waals surface area contributed by atoms with E-state index < -0.39 is 0 Å². The SMILES string of the molecule is COc1cccc(N2CCN(C(=O)CCN3C(=O)CSc4ccccc43)CC2)c1. The van der Waals surface area contributed by atoms with Gasteiger partial charge in [-0.05, 0) is 24.3 Å². The van der Waals surface area contributed by atoms with Gasteiger partial charge in [0.1, 0.15) is 5.75 Å². The summed E-state index contributed by atoms with van der Waals surface area (Å²) in [5.41, 5.74) is 2.04. The maximum absolute atomic E-state index is 12.7. The third-order valence-corrected chi connectivity index (χ3v) is 6.46. The summed E-state index contributed by atoms with van der Waals surface area (Å²) in [7, 11) is 1.67. The lowest BCUT2D eigenvalue weighted by Crippen LogP contribution is -2.49. The van der Waals surface area contributed by atoms with Crippen molar-refractivity contribution in [3.63, 3.8) is 0 Å². The van der Waals surface area contributed by atoms with Gasteiger partial charge in [0.25, 0.3) is 0 Å². The fourth-order valence-electron chi connectivity index (χ4n) is 3.79. The van der Waals surface area contributed by atoms with E-state index in [-0.39, 0.29) is 11.8 Å². The van der Waals surface area contributed by atoms with Crippen molar-refractivity contribution >= 4 is 35.0 Å². The smallest absolute Gasteiger partial charge is 0.237 e. The second-order valence-electron chi connectivity index (χ2n) is 7.12. The number of benzene rings is 2. The predicted octanol–water partition coefficient (Wildman–Crippen LogP) is 2.87. The number of anilines is 2. The van der Waals surface area contributed by atoms with Crippen LogP contribution in [-0.4, -0.2) is 62.3 Å². The van der Waals surface area contributed by atoms with Crippen LogP contribution in [0.3, 0.4) is 0 Å². The third kappa shape index (κ3) is 4.34. The molecule has 29 heavy (non-hydrogen) atoms. The van der Waals surface area contributed by atoms with Gasteiger partial charge in [0, 0.05) is 55.8 Å². The highest BCUT2D eigenvalue weighted by Crippen LogP contribution is 2.35. The number of thioether (sulfide) groups is 1. The first-order chi connectivity index (χ1) is 14.2. The summed E-state index contributed by atoms with van der Waals surface area (Å²) in [6.45, 7) is 3.40. The molecule has 0 saturated carbocycles. The van der Waals surface area contributed by atoms with Crippen LogP contribution in [0.15, 0.2) is 53.4 Å². The van der Waals surface area contributed by atoms with E-state index >= 15 is 0 Å². The lowest BCUT2D eigenvalue weighted by molar-refractivity contribution is -0.131. The van der Waals surface area contributed by atoms with Crippen molar-refractivity contribution in [1.29, 1.82) is 0 Å². The van der Waals surface area contributed by atoms with Crippen LogP contribution in [-0.2, 0) is 9.59 Å². The molecule has 0 radical (unpaired) electrons. The van der Waals surface area contributed by atoms with Gasteiger partial charge in [0.2, 0.25) is 11.8 Å². The van der Waals surface area contributed by atoms with Gasteiger partial charge in [-0.1, -0.05) is 18.2 Å². The number of amides is 2. The fourth-order valence-corrected chi connectivity index (χ4v) is 4.72. The molecule has 2 aromatic rings. The molecule has 1 fully saturated rings. The average Bonchev–Trinajstić information content (AvgIpc) is 2.78. The van der Waals surface area contributed by atoms with Crippen LogP contribution in [0.5, 0.6) is 5.75 Å². The molecule has 0 N–H and O–H groups in total. The second kappa shape index (κ2) is 8.78. The molecule has 0 aliphatic carbocycles. The number of carbonyl (C=O) groups is 2. The summed E-state index contributed by atoms with van der Waals surface area (Å²) in [6, 6.07) is 15.9. The Labute approximate surface area is 175 Å². The summed E-state index contributed by atoms with van der Waals surface area (Å²) in [5, 5.41) is 0. The molecule has 2 heterocycles. The van der Waals surface area contributed by atoms with Crippen LogP contribution in [0, 0.1) is 0 Å². The Bertz CT molecular complexity index is 896. The molecule has 7 heteroatoms. The van der Waals surface area contributed by atoms with Gasteiger partial charge in [-0.2, -0.15) is 0 Å². The van der Waals surface area contributed by atoms with E-state index in [0.29, 0.717) is 31.8 Å². The van der Waals surface area contributed by atoms with Crippen LogP contribution in [0.1, 0.15) is 6.42 Å². The van der Waals surface area contributed by atoms with Gasteiger partial charge < -0.3 is 19.4 Å². The zero-order valence-corrected chi connectivity index (χ0v) is 17.4. The molecule has 0 aromatic heterocycles. The standard InChI is InChI=1S/C22H25N3O3S/c1-28-18-6-4-5-17(15-18)23-11-13-24(14-12-23)21(26)9-10-25-19-7-2-3-8-20(19)29-16-22(25)27/h2-8,15H,9-14,16H2,1H3. The average molecular weight is 412 g/mol. The summed E-state index contributed by atoms with van der Waals surface area (Å²) in [4.78, 5) is 32.2. The first kappa shape index (κ1) is 19.6. The van der Waals surface area contributed by atoms with Crippen molar-refractivity contribution in [2.24, 2.45) is 0 Å². The number of fused-ring (bicyclic) bond motifs is 1. The van der Waals surface area contributed by atoms with Crippen LogP contribution >= 0.6 is 11.8 Å². The van der Waals surface area contributed by atoms with Gasteiger partial charge >= 0.3 is 0 Å². The normalized spacial score (nSPS) is 16.6. The highest BCUT2D eigenvalue weighted by Gasteiger charge is 2.26. The van der Waals surface area contributed by atoms with Crippen molar-refractivity contribution in [1.82, 2.24) is 4.90 Å². The van der Waals surface area contributed by atoms with Crippen molar-refractivity contribution in [3.8, 4) is 5.75 Å². The number of piperazine rings is 1. The van der Waals surface area contributed by atoms with Gasteiger partial charge in [-0.25, -0.2) is 0 Å². The topological polar surface area (TPSA) is 53.1 Å². The molecule has 0 spiro atoms. The Hall–Kier alpha value is -2.67. The van der Waals surface area contributed by atoms with E-state index in [1.807, 2.05) is 47.4 Å². The van der Waals surface area contributed by atoms with E-state index in [4.69, 9.17) is 4.74 Å². The molecule has 2 aromatic carbocycles. The van der Waals surface area contributed by atoms with E-state index in [0.717, 1.165) is 35.1 Å². The number of ether oxygens (including phenoxy) is 1. The molecule has 0 unspecified atom stereocenters. The summed E-state index contributed by atoms with van der Waals surface area (Å²) < 4.78 is 5.30. The van der Waals surface area contributed by atoms with E-state index in [9.17, 15) is 9.59 Å². The molecule has 0 atom stereocenters. The van der Waals surface area contributed by atoms with Crippen LogP contribution < -0.4 is 14.5 Å². The van der Waals surface area contributed by atoms with Crippen molar-refractivity contribution in [2.45, 2.75) is 11.3 Å². The van der Waals surface area contributed by atoms with Gasteiger partial charge in [0.05, 0.1) is 18.6 Å². The molecule has 2 aliphatic heterocycles. The minimum absolute atomic E-state index is 0.0735. The Morgan fingerprint density at radius 2 is 1.86 bits per heavy atom. The van der Waals surface area contributed by atoms with Crippen molar-refractivity contribution in [2.75, 3.05) is 55.4 Å². The first-order valence-electron chi connectivity index (χ1n) is 9.84. The number of nitrogens with zero attached hydrogens (tertiary/aromatic N) is 3. The summed E-state index contributed by atoms with van der Waals surface area (Å²) >= 11 is 1.56. The van der Waals surface area contributed by atoms with E-state index in [1.54, 1.807) is 23.8 Å². The summed E-state index contributed by atoms with van der Waals surface area (Å²) in [6.07, 6.45) is 0.351. The molecule has 1 saturated heterocycles. The van der Waals surface area contributed by atoms with Crippen LogP contribution in [0.4, 0.5) is 11.4 Å². The maximum Gasteiger partial charge on any atom is 0.237 e. The van der Waals surface area contributed by atoms with E-state index in [1.165, 1.54) is 0 Å². The summed E-state index contributed by atoms with van der Waals surface area (Å²) in [5.74, 6) is 1.46. The largest absolute Gasteiger partial charge is 0.497 e. The van der Waals surface area contributed by atoms with Gasteiger partial charge in [0.15, 0.2) is 0 Å². The molecule has 152 valence electrons. The molecular formula is C22H25N3O3S. The second-order valence-corrected chi connectivity index (χ2v) is 8.14. The number of hydrogen-bond acceptors (Lipinski definition) is 5. The highest BCUT2D eigenvalue weighted by molar-refractivity contribution is 8.00. The highest BCUT2D eigenvalue weighted by atomic mass is 32.2. The molecule has 2 aliphatic rings. The fraction of sp³-hybridized carbons (Fsp3) is 0.364. The van der Waals surface area contributed by atoms with Crippen molar-refractivity contribution < 1.29 is 14.3 Å². The lowest BCUT2D eigenvalue weighted by atomic mass is 10.2. The molecule has 6 nitrogen and oxygen atoms in total. The first-order valence-corrected chi connectivity index (χ1v) is 10.8. The number of carbonyl (C=O) groups excluding carboxylic acids is 2. The van der Waals surface area contributed by atoms with Gasteiger partial charge in [-0.15, -0.1) is 11.8 Å². The van der Waals surface area contributed by atoms with Crippen LogP contribution in [0.25, 0.3) is 0 Å². The number of rotatable bonds is 5. The van der Waals surface area contributed by atoms with Gasteiger partial charge in [-0.3, -0.25) is 9.59 Å². The predicted molar refractivity (Wildman–Crippen MR) is 116 cm³/mol. The minimum atomic E-state index is 0.0735. The van der Waals surface area contributed by atoms with Crippen molar-refractivity contribution in [3.05, 3.63) is 48.5 Å². The Balaban J connectivity index is 1.32. The zero-order chi connectivity index (χ0) is 20.2. The Morgan fingerprint density at radius 1 is 1.07 bits per heavy atom. The number of hydrogen-bond donors (Lipinski definition) is 0. The number of para-hydroxylation sites is 1. The van der Waals surface area contributed by atoms with E-state index in [2.05, 4.69) is 11.0 Å². The quantitative estimate of drug-likeness (QED) is 0.757. The molecule has 0 bridgehead atoms. The monoisotopic (exact) mass is 411 g/mol. The Morgan fingerprint density at radius 3 is 2.66 bits per heavy atom. The van der Waals surface area contributed by atoms with Crippen LogP contribution in [0.2, 0.25) is 0 Å². The lowest BCUT2D eigenvalue weighted by Gasteiger charge is -2.36. The molecule has 2 amide bonds. The third-order valence-electron chi connectivity index (χ3n) is 5.41.